The maximum Gasteiger partial charge on any atom is 0.375 e. The standard InChI is InChI=1S/C22H22N2O6/c1-14(2)23-22(27)24-19(25)13-29-21(26)20-17(12-28-15-8-4-3-5-9-15)16-10-6-7-11-18(16)30-20/h3-11,14H,12-13H2,1-2H3,(H2,23,24,25,27). The first-order valence-electron chi connectivity index (χ1n) is 9.39. The molecule has 0 aliphatic carbocycles. The van der Waals surface area contributed by atoms with E-state index < -0.39 is 24.5 Å². The van der Waals surface area contributed by atoms with Crippen LogP contribution < -0.4 is 15.4 Å². The minimum Gasteiger partial charge on any atom is -0.489 e. The van der Waals surface area contributed by atoms with E-state index in [1.807, 2.05) is 30.3 Å². The normalized spacial score (nSPS) is 10.6. The topological polar surface area (TPSA) is 107 Å². The highest BCUT2D eigenvalue weighted by Crippen LogP contribution is 2.28. The van der Waals surface area contributed by atoms with Gasteiger partial charge in [0.05, 0.1) is 5.56 Å². The number of esters is 1. The number of furan rings is 1. The summed E-state index contributed by atoms with van der Waals surface area (Å²) < 4.78 is 16.5. The number of para-hydroxylation sites is 2. The van der Waals surface area contributed by atoms with Crippen molar-refractivity contribution in [2.75, 3.05) is 6.61 Å². The summed E-state index contributed by atoms with van der Waals surface area (Å²) in [5.41, 5.74) is 1.01. The van der Waals surface area contributed by atoms with E-state index in [-0.39, 0.29) is 18.4 Å². The molecule has 0 saturated carbocycles. The molecule has 8 nitrogen and oxygen atoms in total. The third kappa shape index (κ3) is 5.38. The fourth-order valence-corrected chi connectivity index (χ4v) is 2.74. The molecule has 3 rings (SSSR count). The van der Waals surface area contributed by atoms with Gasteiger partial charge in [0.25, 0.3) is 5.91 Å². The van der Waals surface area contributed by atoms with Crippen LogP contribution in [0.4, 0.5) is 4.79 Å². The van der Waals surface area contributed by atoms with Gasteiger partial charge in [0, 0.05) is 11.4 Å². The third-order valence-electron chi connectivity index (χ3n) is 4.02. The molecular weight excluding hydrogens is 388 g/mol. The summed E-state index contributed by atoms with van der Waals surface area (Å²) in [6.07, 6.45) is 0. The van der Waals surface area contributed by atoms with Crippen molar-refractivity contribution in [3.63, 3.8) is 0 Å². The van der Waals surface area contributed by atoms with Crippen molar-refractivity contribution in [1.29, 1.82) is 0 Å². The van der Waals surface area contributed by atoms with E-state index in [0.29, 0.717) is 22.3 Å². The average Bonchev–Trinajstić information content (AvgIpc) is 3.09. The molecule has 0 radical (unpaired) electrons. The highest BCUT2D eigenvalue weighted by Gasteiger charge is 2.23. The molecule has 0 aliphatic rings. The summed E-state index contributed by atoms with van der Waals surface area (Å²) in [6, 6.07) is 15.5. The Labute approximate surface area is 173 Å². The number of rotatable bonds is 7. The van der Waals surface area contributed by atoms with Crippen molar-refractivity contribution in [1.82, 2.24) is 10.6 Å². The molecule has 0 atom stereocenters. The minimum absolute atomic E-state index is 0.0495. The molecule has 30 heavy (non-hydrogen) atoms. The van der Waals surface area contributed by atoms with E-state index in [0.717, 1.165) is 0 Å². The van der Waals surface area contributed by atoms with E-state index in [1.165, 1.54) is 0 Å². The molecule has 0 saturated heterocycles. The van der Waals surface area contributed by atoms with Crippen molar-refractivity contribution in [3.05, 3.63) is 65.9 Å². The van der Waals surface area contributed by atoms with Crippen molar-refractivity contribution < 1.29 is 28.3 Å². The van der Waals surface area contributed by atoms with Crippen LogP contribution >= 0.6 is 0 Å². The molecule has 0 unspecified atom stereocenters. The fourth-order valence-electron chi connectivity index (χ4n) is 2.74. The lowest BCUT2D eigenvalue weighted by molar-refractivity contribution is -0.123. The molecule has 156 valence electrons. The molecule has 0 aliphatic heterocycles. The summed E-state index contributed by atoms with van der Waals surface area (Å²) >= 11 is 0. The lowest BCUT2D eigenvalue weighted by Gasteiger charge is -2.09. The van der Waals surface area contributed by atoms with Crippen LogP contribution in [-0.2, 0) is 16.1 Å². The second-order valence-electron chi connectivity index (χ2n) is 6.76. The van der Waals surface area contributed by atoms with Gasteiger partial charge in [-0.2, -0.15) is 0 Å². The zero-order chi connectivity index (χ0) is 21.5. The van der Waals surface area contributed by atoms with Crippen LogP contribution in [0.1, 0.15) is 30.0 Å². The molecule has 2 aromatic carbocycles. The first kappa shape index (κ1) is 20.9. The van der Waals surface area contributed by atoms with Crippen molar-refractivity contribution in [3.8, 4) is 5.75 Å². The molecule has 3 aromatic rings. The van der Waals surface area contributed by atoms with Gasteiger partial charge >= 0.3 is 12.0 Å². The Kier molecular flexibility index (Phi) is 6.69. The number of nitrogens with one attached hydrogen (secondary N) is 2. The van der Waals surface area contributed by atoms with E-state index in [4.69, 9.17) is 13.9 Å². The summed E-state index contributed by atoms with van der Waals surface area (Å²) in [7, 11) is 0. The van der Waals surface area contributed by atoms with Gasteiger partial charge in [-0.1, -0.05) is 36.4 Å². The number of imide groups is 1. The van der Waals surface area contributed by atoms with Gasteiger partial charge < -0.3 is 19.2 Å². The third-order valence-corrected chi connectivity index (χ3v) is 4.02. The average molecular weight is 410 g/mol. The highest BCUT2D eigenvalue weighted by molar-refractivity contribution is 5.99. The van der Waals surface area contributed by atoms with Gasteiger partial charge in [0.2, 0.25) is 5.76 Å². The Morgan fingerprint density at radius 1 is 1.00 bits per heavy atom. The van der Waals surface area contributed by atoms with E-state index in [2.05, 4.69) is 10.6 Å². The van der Waals surface area contributed by atoms with Crippen LogP contribution in [-0.4, -0.2) is 30.6 Å². The zero-order valence-corrected chi connectivity index (χ0v) is 16.6. The van der Waals surface area contributed by atoms with Gasteiger partial charge in [-0.25, -0.2) is 9.59 Å². The number of ether oxygens (including phenoxy) is 2. The Bertz CT molecular complexity index is 1040. The number of carbonyl (C=O) groups excluding carboxylic acids is 3. The van der Waals surface area contributed by atoms with Crippen LogP contribution in [0.2, 0.25) is 0 Å². The molecule has 0 bridgehead atoms. The molecule has 8 heteroatoms. The molecule has 1 aromatic heterocycles. The number of amides is 3. The van der Waals surface area contributed by atoms with Crippen LogP contribution in [0.3, 0.4) is 0 Å². The van der Waals surface area contributed by atoms with Crippen LogP contribution in [0.25, 0.3) is 11.0 Å². The first-order valence-corrected chi connectivity index (χ1v) is 9.39. The Morgan fingerprint density at radius 2 is 1.70 bits per heavy atom. The Hall–Kier alpha value is -3.81. The molecule has 0 spiro atoms. The monoisotopic (exact) mass is 410 g/mol. The van der Waals surface area contributed by atoms with E-state index in [1.54, 1.807) is 38.1 Å². The largest absolute Gasteiger partial charge is 0.489 e. The van der Waals surface area contributed by atoms with Gasteiger partial charge in [0.1, 0.15) is 17.9 Å². The molecule has 0 fully saturated rings. The summed E-state index contributed by atoms with van der Waals surface area (Å²) in [6.45, 7) is 2.96. The predicted molar refractivity (Wildman–Crippen MR) is 109 cm³/mol. The first-order chi connectivity index (χ1) is 14.4. The van der Waals surface area contributed by atoms with Crippen LogP contribution in [0.5, 0.6) is 5.75 Å². The van der Waals surface area contributed by atoms with Crippen molar-refractivity contribution >= 4 is 28.9 Å². The minimum atomic E-state index is -0.822. The van der Waals surface area contributed by atoms with Crippen LogP contribution in [0.15, 0.2) is 59.0 Å². The summed E-state index contributed by atoms with van der Waals surface area (Å²) in [5, 5.41) is 5.30. The quantitative estimate of drug-likeness (QED) is 0.578. The van der Waals surface area contributed by atoms with Gasteiger partial charge in [-0.05, 0) is 32.0 Å². The number of hydrogen-bond donors (Lipinski definition) is 2. The molecule has 3 amide bonds. The number of carbonyl (C=O) groups is 3. The Morgan fingerprint density at radius 3 is 2.43 bits per heavy atom. The van der Waals surface area contributed by atoms with E-state index in [9.17, 15) is 14.4 Å². The summed E-state index contributed by atoms with van der Waals surface area (Å²) in [5.74, 6) is -0.985. The lowest BCUT2D eigenvalue weighted by atomic mass is 10.1. The molecular formula is C22H22N2O6. The number of fused-ring (bicyclic) bond motifs is 1. The highest BCUT2D eigenvalue weighted by atomic mass is 16.5. The number of hydrogen-bond acceptors (Lipinski definition) is 6. The maximum atomic E-state index is 12.6. The fraction of sp³-hybridized carbons (Fsp3) is 0.227. The number of benzene rings is 2. The second kappa shape index (κ2) is 9.60. The zero-order valence-electron chi connectivity index (χ0n) is 16.6. The maximum absolute atomic E-state index is 12.6. The van der Waals surface area contributed by atoms with Gasteiger partial charge in [-0.3, -0.25) is 10.1 Å². The summed E-state index contributed by atoms with van der Waals surface area (Å²) in [4.78, 5) is 35.9. The molecule has 1 heterocycles. The van der Waals surface area contributed by atoms with Crippen molar-refractivity contribution in [2.24, 2.45) is 0 Å². The second-order valence-corrected chi connectivity index (χ2v) is 6.76. The van der Waals surface area contributed by atoms with Crippen molar-refractivity contribution in [2.45, 2.75) is 26.5 Å². The smallest absolute Gasteiger partial charge is 0.375 e. The van der Waals surface area contributed by atoms with Crippen LogP contribution in [0, 0.1) is 0 Å². The lowest BCUT2D eigenvalue weighted by Crippen LogP contribution is -2.44. The number of urea groups is 1. The van der Waals surface area contributed by atoms with E-state index >= 15 is 0 Å². The van der Waals surface area contributed by atoms with Gasteiger partial charge in [0.15, 0.2) is 6.61 Å². The Balaban J connectivity index is 1.70. The SMILES string of the molecule is CC(C)NC(=O)NC(=O)COC(=O)c1oc2ccccc2c1COc1ccccc1. The molecule has 2 N–H and O–H groups in total. The predicted octanol–water partition coefficient (Wildman–Crippen LogP) is 3.40. The van der Waals surface area contributed by atoms with Gasteiger partial charge in [-0.15, -0.1) is 0 Å².